The van der Waals surface area contributed by atoms with Crippen LogP contribution in [0.5, 0.6) is 0 Å². The second-order valence-electron chi connectivity index (χ2n) is 4.97. The molecule has 1 aromatic carbocycles. The Labute approximate surface area is 107 Å². The van der Waals surface area contributed by atoms with Crippen LogP contribution in [0.25, 0.3) is 0 Å². The summed E-state index contributed by atoms with van der Waals surface area (Å²) in [6, 6.07) is 5.62. The molecule has 0 aliphatic heterocycles. The van der Waals surface area contributed by atoms with Gasteiger partial charge in [0, 0.05) is 6.42 Å². The van der Waals surface area contributed by atoms with Crippen LogP contribution in [0.4, 0.5) is 0 Å². The number of benzene rings is 1. The van der Waals surface area contributed by atoms with Crippen molar-refractivity contribution in [3.8, 4) is 0 Å². The number of ketones is 1. The van der Waals surface area contributed by atoms with E-state index >= 15 is 0 Å². The Morgan fingerprint density at radius 3 is 2.38 bits per heavy atom. The Morgan fingerprint density at radius 1 is 1.25 bits per heavy atom. The van der Waals surface area contributed by atoms with Crippen molar-refractivity contribution in [3.05, 3.63) is 33.8 Å². The molecule has 0 spiro atoms. The molecule has 0 bridgehead atoms. The van der Waals surface area contributed by atoms with Gasteiger partial charge in [-0.1, -0.05) is 43.1 Å². The lowest BCUT2D eigenvalue weighted by atomic mass is 9.81. The highest BCUT2D eigenvalue weighted by Crippen LogP contribution is 2.29. The zero-order valence-electron chi connectivity index (χ0n) is 9.81. The van der Waals surface area contributed by atoms with Gasteiger partial charge in [-0.2, -0.15) is 0 Å². The Kier molecular flexibility index (Phi) is 4.40. The average Bonchev–Trinajstić information content (AvgIpc) is 2.08. The van der Waals surface area contributed by atoms with Crippen LogP contribution in [0.1, 0.15) is 32.8 Å². The molecule has 1 rings (SSSR count). The second kappa shape index (κ2) is 5.20. The lowest BCUT2D eigenvalue weighted by Gasteiger charge is -2.23. The predicted octanol–water partition coefficient (Wildman–Crippen LogP) is 4.54. The summed E-state index contributed by atoms with van der Waals surface area (Å²) in [7, 11) is 0. The number of halogens is 2. The van der Waals surface area contributed by atoms with E-state index in [1.54, 1.807) is 13.0 Å². The fourth-order valence-electron chi connectivity index (χ4n) is 1.94. The third-order valence-electron chi connectivity index (χ3n) is 2.39. The van der Waals surface area contributed by atoms with E-state index in [4.69, 9.17) is 23.2 Å². The van der Waals surface area contributed by atoms with Gasteiger partial charge in [0.1, 0.15) is 5.78 Å². The van der Waals surface area contributed by atoms with Crippen molar-refractivity contribution in [2.75, 3.05) is 0 Å². The topological polar surface area (TPSA) is 17.1 Å². The molecule has 0 heterocycles. The summed E-state index contributed by atoms with van der Waals surface area (Å²) in [6.45, 7) is 5.78. The molecule has 3 heteroatoms. The van der Waals surface area contributed by atoms with Crippen molar-refractivity contribution < 1.29 is 4.79 Å². The second-order valence-corrected chi connectivity index (χ2v) is 5.78. The molecule has 0 unspecified atom stereocenters. The first-order valence-corrected chi connectivity index (χ1v) is 5.99. The highest BCUT2D eigenvalue weighted by atomic mass is 35.5. The third-order valence-corrected chi connectivity index (χ3v) is 3.13. The van der Waals surface area contributed by atoms with Gasteiger partial charge in [-0.15, -0.1) is 0 Å². The van der Waals surface area contributed by atoms with Crippen LogP contribution in [-0.2, 0) is 11.2 Å². The van der Waals surface area contributed by atoms with Crippen LogP contribution in [0, 0.1) is 5.41 Å². The molecular formula is C13H16Cl2O. The van der Waals surface area contributed by atoms with Gasteiger partial charge in [-0.25, -0.2) is 0 Å². The summed E-state index contributed by atoms with van der Waals surface area (Å²) in [5.74, 6) is 0.213. The molecule has 0 fully saturated rings. The van der Waals surface area contributed by atoms with E-state index in [1.807, 2.05) is 12.1 Å². The van der Waals surface area contributed by atoms with Gasteiger partial charge in [-0.3, -0.25) is 0 Å². The summed E-state index contributed by atoms with van der Waals surface area (Å²) >= 11 is 11.8. The fourth-order valence-corrected chi connectivity index (χ4v) is 2.26. The van der Waals surface area contributed by atoms with E-state index in [9.17, 15) is 4.79 Å². The normalized spacial score (nSPS) is 11.6. The molecule has 0 radical (unpaired) electrons. The summed E-state index contributed by atoms with van der Waals surface area (Å²) in [4.78, 5) is 11.1. The zero-order valence-corrected chi connectivity index (χ0v) is 11.3. The van der Waals surface area contributed by atoms with Crippen molar-refractivity contribution in [3.63, 3.8) is 0 Å². The molecule has 1 aromatic rings. The highest BCUT2D eigenvalue weighted by Gasteiger charge is 2.20. The van der Waals surface area contributed by atoms with Crippen molar-refractivity contribution in [1.29, 1.82) is 0 Å². The van der Waals surface area contributed by atoms with Gasteiger partial charge in [0.15, 0.2) is 0 Å². The molecule has 0 saturated carbocycles. The van der Waals surface area contributed by atoms with Gasteiger partial charge in [0.05, 0.1) is 10.0 Å². The van der Waals surface area contributed by atoms with Crippen molar-refractivity contribution in [2.45, 2.75) is 33.6 Å². The Balaban J connectivity index is 2.79. The first-order chi connectivity index (χ1) is 7.30. The van der Waals surface area contributed by atoms with E-state index < -0.39 is 0 Å². The molecule has 88 valence electrons. The van der Waals surface area contributed by atoms with Crippen LogP contribution in [0.3, 0.4) is 0 Å². The zero-order chi connectivity index (χ0) is 12.3. The molecule has 0 atom stereocenters. The minimum Gasteiger partial charge on any atom is -0.300 e. The van der Waals surface area contributed by atoms with E-state index in [2.05, 4.69) is 13.8 Å². The average molecular weight is 259 g/mol. The number of carbonyl (C=O) groups excluding carboxylic acids is 1. The van der Waals surface area contributed by atoms with Crippen LogP contribution < -0.4 is 0 Å². The maximum absolute atomic E-state index is 11.1. The van der Waals surface area contributed by atoms with Gasteiger partial charge in [0.2, 0.25) is 0 Å². The Morgan fingerprint density at radius 2 is 1.88 bits per heavy atom. The molecule has 1 nitrogen and oxygen atoms in total. The Bertz CT molecular complexity index is 397. The van der Waals surface area contributed by atoms with Crippen molar-refractivity contribution in [1.82, 2.24) is 0 Å². The summed E-state index contributed by atoms with van der Waals surface area (Å²) in [5, 5.41) is 1.13. The van der Waals surface area contributed by atoms with E-state index in [0.717, 1.165) is 12.0 Å². The monoisotopic (exact) mass is 258 g/mol. The van der Waals surface area contributed by atoms with E-state index in [-0.39, 0.29) is 11.2 Å². The van der Waals surface area contributed by atoms with Crippen LogP contribution in [-0.4, -0.2) is 5.78 Å². The van der Waals surface area contributed by atoms with Crippen molar-refractivity contribution >= 4 is 29.0 Å². The van der Waals surface area contributed by atoms with Crippen LogP contribution in [0.2, 0.25) is 10.0 Å². The minimum atomic E-state index is -0.0387. The lowest BCUT2D eigenvalue weighted by Crippen LogP contribution is -2.18. The number of rotatable bonds is 4. The minimum absolute atomic E-state index is 0.0387. The number of Topliss-reactive ketones (excluding diaryl/α,β-unsaturated/α-hetero) is 1. The standard InChI is InChI=1S/C13H16Cl2O/c1-9(16)7-13(2,3)8-10-4-5-11(14)12(15)6-10/h4-6H,7-8H2,1-3H3. The summed E-state index contributed by atoms with van der Waals surface area (Å²) in [6.07, 6.45) is 1.40. The van der Waals surface area contributed by atoms with Crippen LogP contribution in [0.15, 0.2) is 18.2 Å². The highest BCUT2D eigenvalue weighted by molar-refractivity contribution is 6.42. The van der Waals surface area contributed by atoms with Gasteiger partial charge < -0.3 is 4.79 Å². The van der Waals surface area contributed by atoms with Crippen LogP contribution >= 0.6 is 23.2 Å². The molecule has 16 heavy (non-hydrogen) atoms. The summed E-state index contributed by atoms with van der Waals surface area (Å²) in [5.41, 5.74) is 1.07. The van der Waals surface area contributed by atoms with E-state index in [1.165, 1.54) is 0 Å². The van der Waals surface area contributed by atoms with Crippen molar-refractivity contribution in [2.24, 2.45) is 5.41 Å². The molecule has 0 aliphatic rings. The lowest BCUT2D eigenvalue weighted by molar-refractivity contribution is -0.118. The Hall–Kier alpha value is -0.530. The predicted molar refractivity (Wildman–Crippen MR) is 69.2 cm³/mol. The molecule has 0 aromatic heterocycles. The SMILES string of the molecule is CC(=O)CC(C)(C)Cc1ccc(Cl)c(Cl)c1. The van der Waals surface area contributed by atoms with E-state index in [0.29, 0.717) is 16.5 Å². The number of carbonyl (C=O) groups is 1. The molecule has 0 N–H and O–H groups in total. The third kappa shape index (κ3) is 4.15. The molecule has 0 amide bonds. The quantitative estimate of drug-likeness (QED) is 0.775. The first-order valence-electron chi connectivity index (χ1n) is 5.23. The van der Waals surface area contributed by atoms with Gasteiger partial charge >= 0.3 is 0 Å². The maximum atomic E-state index is 11.1. The molecular weight excluding hydrogens is 243 g/mol. The van der Waals surface area contributed by atoms with Gasteiger partial charge in [0.25, 0.3) is 0 Å². The molecule has 0 aliphatic carbocycles. The smallest absolute Gasteiger partial charge is 0.130 e. The first kappa shape index (κ1) is 13.5. The maximum Gasteiger partial charge on any atom is 0.130 e. The number of hydrogen-bond donors (Lipinski definition) is 0. The van der Waals surface area contributed by atoms with Gasteiger partial charge in [-0.05, 0) is 36.5 Å². The fraction of sp³-hybridized carbons (Fsp3) is 0.462. The summed E-state index contributed by atoms with van der Waals surface area (Å²) < 4.78 is 0. The number of hydrogen-bond acceptors (Lipinski definition) is 1. The largest absolute Gasteiger partial charge is 0.300 e. The molecule has 0 saturated heterocycles.